The van der Waals surface area contributed by atoms with Gasteiger partial charge in [-0.1, -0.05) is 22.9 Å². The first-order chi connectivity index (χ1) is 22.0. The average molecular weight is 661 g/mol. The van der Waals surface area contributed by atoms with Crippen molar-refractivity contribution in [3.63, 3.8) is 0 Å². The molecule has 0 N–H and O–H groups in total. The molecule has 0 saturated carbocycles. The Morgan fingerprint density at radius 2 is 1.72 bits per heavy atom. The number of carbonyl (C=O) groups is 1. The summed E-state index contributed by atoms with van der Waals surface area (Å²) in [6.07, 6.45) is 1.54. The van der Waals surface area contributed by atoms with Gasteiger partial charge in [-0.3, -0.25) is 29.6 Å². The smallest absolute Gasteiger partial charge is 0.338 e. The largest absolute Gasteiger partial charge is 0.463 e. The number of benzene rings is 2. The van der Waals surface area contributed by atoms with E-state index < -0.39 is 27.4 Å². The lowest BCUT2D eigenvalue weighted by atomic mass is 10.0. The molecule has 2 aromatic carbocycles. The second kappa shape index (κ2) is 12.1. The number of rotatable bonds is 8. The van der Waals surface area contributed by atoms with Crippen LogP contribution in [-0.4, -0.2) is 27.0 Å². The molecular weight excluding hydrogens is 640 g/mol. The number of non-ortho nitro benzene ring substituents is 2. The van der Waals surface area contributed by atoms with Crippen LogP contribution in [0.25, 0.3) is 28.7 Å². The maximum atomic E-state index is 13.9. The summed E-state index contributed by atoms with van der Waals surface area (Å²) in [7, 11) is 0. The van der Waals surface area contributed by atoms with Crippen molar-refractivity contribution in [2.24, 2.45) is 4.99 Å². The summed E-state index contributed by atoms with van der Waals surface area (Å²) in [6, 6.07) is 15.2. The van der Waals surface area contributed by atoms with Gasteiger partial charge in [0.05, 0.1) is 37.3 Å². The van der Waals surface area contributed by atoms with E-state index in [0.717, 1.165) is 11.3 Å². The standard InChI is InChI=1S/C31H21ClN4O9S/c1-3-43-30(38)27-16(2)33-31-34(28(27)25-13-12-24(45-25)21-14-19(36(41)42)8-10-22(21)32)29(37)26(46-31)15-20-9-11-23(44-20)17-4-6-18(7-5-17)35(39)40/h4-15,28H,3H2,1-2H3/b26-15-/t28-/m1/s1. The number of esters is 1. The number of nitro benzene ring substituents is 2. The molecule has 13 nitrogen and oxygen atoms in total. The molecule has 0 spiro atoms. The monoisotopic (exact) mass is 660 g/mol. The molecule has 232 valence electrons. The molecule has 1 aliphatic rings. The minimum absolute atomic E-state index is 0.0551. The van der Waals surface area contributed by atoms with E-state index in [1.165, 1.54) is 41.0 Å². The minimum Gasteiger partial charge on any atom is -0.463 e. The third kappa shape index (κ3) is 5.55. The quantitative estimate of drug-likeness (QED) is 0.113. The van der Waals surface area contributed by atoms with Crippen LogP contribution in [0.3, 0.4) is 0 Å². The van der Waals surface area contributed by atoms with Crippen molar-refractivity contribution in [3.05, 3.63) is 134 Å². The molecule has 0 amide bonds. The molecule has 0 radical (unpaired) electrons. The number of fused-ring (bicyclic) bond motifs is 1. The molecule has 0 aliphatic carbocycles. The van der Waals surface area contributed by atoms with Crippen LogP contribution in [0.4, 0.5) is 11.4 Å². The van der Waals surface area contributed by atoms with E-state index in [4.69, 9.17) is 25.2 Å². The Morgan fingerprint density at radius 1 is 1.02 bits per heavy atom. The average Bonchev–Trinajstić information content (AvgIpc) is 3.77. The first-order valence-corrected chi connectivity index (χ1v) is 14.8. The summed E-state index contributed by atoms with van der Waals surface area (Å²) in [5.41, 5.74) is 0.547. The van der Waals surface area contributed by atoms with Gasteiger partial charge in [-0.05, 0) is 56.3 Å². The molecule has 0 unspecified atom stereocenters. The molecular formula is C31H21ClN4O9S. The van der Waals surface area contributed by atoms with Gasteiger partial charge in [0.25, 0.3) is 16.9 Å². The van der Waals surface area contributed by atoms with Gasteiger partial charge in [-0.2, -0.15) is 0 Å². The Bertz CT molecular complexity index is 2260. The van der Waals surface area contributed by atoms with Crippen LogP contribution >= 0.6 is 22.9 Å². The summed E-state index contributed by atoms with van der Waals surface area (Å²) in [6.45, 7) is 3.36. The molecule has 46 heavy (non-hydrogen) atoms. The lowest BCUT2D eigenvalue weighted by Crippen LogP contribution is -2.39. The number of hydrogen-bond donors (Lipinski definition) is 0. The fourth-order valence-corrected chi connectivity index (χ4v) is 6.22. The van der Waals surface area contributed by atoms with Gasteiger partial charge in [0, 0.05) is 41.5 Å². The van der Waals surface area contributed by atoms with E-state index in [1.807, 2.05) is 0 Å². The number of ether oxygens (including phenoxy) is 1. The van der Waals surface area contributed by atoms with Crippen LogP contribution in [0.1, 0.15) is 31.4 Å². The Kier molecular flexibility index (Phi) is 7.98. The Labute approximate surface area is 267 Å². The van der Waals surface area contributed by atoms with Crippen LogP contribution in [0.2, 0.25) is 5.02 Å². The summed E-state index contributed by atoms with van der Waals surface area (Å²) in [5.74, 6) is 0.472. The summed E-state index contributed by atoms with van der Waals surface area (Å²) in [4.78, 5) is 53.3. The van der Waals surface area contributed by atoms with Crippen LogP contribution < -0.4 is 14.9 Å². The number of nitro groups is 2. The van der Waals surface area contributed by atoms with Gasteiger partial charge in [0.1, 0.15) is 29.1 Å². The van der Waals surface area contributed by atoms with Crippen molar-refractivity contribution in [1.29, 1.82) is 0 Å². The molecule has 6 rings (SSSR count). The van der Waals surface area contributed by atoms with Gasteiger partial charge >= 0.3 is 5.97 Å². The highest BCUT2D eigenvalue weighted by atomic mass is 35.5. The fraction of sp³-hybridized carbons (Fsp3) is 0.129. The van der Waals surface area contributed by atoms with Gasteiger partial charge in [0.2, 0.25) is 0 Å². The van der Waals surface area contributed by atoms with Gasteiger partial charge < -0.3 is 13.6 Å². The number of thiazole rings is 1. The zero-order valence-corrected chi connectivity index (χ0v) is 25.5. The van der Waals surface area contributed by atoms with E-state index >= 15 is 0 Å². The highest BCUT2D eigenvalue weighted by Crippen LogP contribution is 2.37. The summed E-state index contributed by atoms with van der Waals surface area (Å²) >= 11 is 7.42. The molecule has 4 heterocycles. The summed E-state index contributed by atoms with van der Waals surface area (Å²) in [5, 5.41) is 22.6. The molecule has 0 fully saturated rings. The van der Waals surface area contributed by atoms with Crippen LogP contribution in [0.5, 0.6) is 0 Å². The zero-order valence-electron chi connectivity index (χ0n) is 24.0. The highest BCUT2D eigenvalue weighted by Gasteiger charge is 2.35. The van der Waals surface area contributed by atoms with E-state index in [1.54, 1.807) is 50.2 Å². The SMILES string of the molecule is CCOC(=O)C1=C(C)N=c2s/c(=C\c3ccc(-c4ccc([N+](=O)[O-])cc4)o3)c(=O)n2[C@@H]1c1ccc(-c2cc([N+](=O)[O-])ccc2Cl)o1. The molecule has 0 bridgehead atoms. The summed E-state index contributed by atoms with van der Waals surface area (Å²) < 4.78 is 18.9. The first-order valence-electron chi connectivity index (χ1n) is 13.6. The topological polar surface area (TPSA) is 173 Å². The number of furan rings is 2. The van der Waals surface area contributed by atoms with Crippen LogP contribution in [-0.2, 0) is 9.53 Å². The molecule has 0 saturated heterocycles. The third-order valence-corrected chi connectivity index (χ3v) is 8.41. The van der Waals surface area contributed by atoms with Crippen molar-refractivity contribution in [2.45, 2.75) is 19.9 Å². The van der Waals surface area contributed by atoms with Crippen LogP contribution in [0.15, 0.2) is 96.6 Å². The minimum atomic E-state index is -1.07. The number of hydrogen-bond acceptors (Lipinski definition) is 11. The van der Waals surface area contributed by atoms with Crippen molar-refractivity contribution in [2.75, 3.05) is 6.61 Å². The van der Waals surface area contributed by atoms with Crippen molar-refractivity contribution in [1.82, 2.24) is 4.57 Å². The fourth-order valence-electron chi connectivity index (χ4n) is 4.98. The third-order valence-electron chi connectivity index (χ3n) is 7.10. The van der Waals surface area contributed by atoms with Crippen molar-refractivity contribution >= 4 is 46.4 Å². The van der Waals surface area contributed by atoms with Crippen LogP contribution in [0, 0.1) is 20.2 Å². The van der Waals surface area contributed by atoms with Gasteiger partial charge in [-0.15, -0.1) is 0 Å². The number of allylic oxidation sites excluding steroid dienone is 1. The van der Waals surface area contributed by atoms with E-state index in [-0.39, 0.29) is 50.2 Å². The molecule has 1 atom stereocenters. The number of carbonyl (C=O) groups excluding carboxylic acids is 1. The maximum absolute atomic E-state index is 13.9. The predicted molar refractivity (Wildman–Crippen MR) is 167 cm³/mol. The Balaban J connectivity index is 1.44. The first kappa shape index (κ1) is 30.4. The number of halogens is 1. The normalized spacial score (nSPS) is 14.6. The maximum Gasteiger partial charge on any atom is 0.338 e. The predicted octanol–water partition coefficient (Wildman–Crippen LogP) is 5.79. The molecule has 5 aromatic rings. The number of aromatic nitrogens is 1. The lowest BCUT2D eigenvalue weighted by molar-refractivity contribution is -0.385. The molecule has 3 aromatic heterocycles. The highest BCUT2D eigenvalue weighted by molar-refractivity contribution is 7.07. The zero-order chi connectivity index (χ0) is 32.7. The number of nitrogens with zero attached hydrogens (tertiary/aromatic N) is 4. The van der Waals surface area contributed by atoms with Gasteiger partial charge in [-0.25, -0.2) is 9.79 Å². The van der Waals surface area contributed by atoms with E-state index in [2.05, 4.69) is 4.99 Å². The molecule has 15 heteroatoms. The second-order valence-electron chi connectivity index (χ2n) is 9.93. The Hall–Kier alpha value is -5.60. The van der Waals surface area contributed by atoms with Crippen molar-refractivity contribution < 1.29 is 28.2 Å². The van der Waals surface area contributed by atoms with Gasteiger partial charge in [0.15, 0.2) is 4.80 Å². The Morgan fingerprint density at radius 3 is 2.41 bits per heavy atom. The van der Waals surface area contributed by atoms with E-state index in [9.17, 15) is 29.8 Å². The van der Waals surface area contributed by atoms with Crippen molar-refractivity contribution in [3.8, 4) is 22.6 Å². The lowest BCUT2D eigenvalue weighted by Gasteiger charge is -2.22. The molecule has 1 aliphatic heterocycles. The van der Waals surface area contributed by atoms with E-state index in [0.29, 0.717) is 27.6 Å². The second-order valence-corrected chi connectivity index (χ2v) is 11.3.